The number of aromatic nitrogens is 1. The molecule has 6 heteroatoms. The summed E-state index contributed by atoms with van der Waals surface area (Å²) in [6.45, 7) is 12.5. The van der Waals surface area contributed by atoms with Crippen LogP contribution in [0.4, 0.5) is 5.69 Å². The normalized spacial score (nSPS) is 15.3. The van der Waals surface area contributed by atoms with Gasteiger partial charge in [0.25, 0.3) is 11.8 Å². The lowest BCUT2D eigenvalue weighted by Gasteiger charge is -2.29. The van der Waals surface area contributed by atoms with Gasteiger partial charge in [0.05, 0.1) is 11.4 Å². The minimum Gasteiger partial charge on any atom is -0.317 e. The van der Waals surface area contributed by atoms with Gasteiger partial charge in [-0.2, -0.15) is 0 Å². The van der Waals surface area contributed by atoms with E-state index in [0.29, 0.717) is 11.6 Å². The molecule has 1 fully saturated rings. The Balaban J connectivity index is 1.77. The van der Waals surface area contributed by atoms with Crippen molar-refractivity contribution in [2.75, 3.05) is 4.90 Å². The molecule has 2 heterocycles. The van der Waals surface area contributed by atoms with Crippen molar-refractivity contribution in [2.45, 2.75) is 53.9 Å². The number of carbonyl (C=O) groups excluding carboxylic acids is 2. The number of anilines is 1. The van der Waals surface area contributed by atoms with E-state index in [1.54, 1.807) is 6.08 Å². The van der Waals surface area contributed by atoms with E-state index in [0.717, 1.165) is 29.1 Å². The van der Waals surface area contributed by atoms with Crippen molar-refractivity contribution in [2.24, 2.45) is 0 Å². The van der Waals surface area contributed by atoms with Crippen LogP contribution in [0.25, 0.3) is 11.8 Å². The van der Waals surface area contributed by atoms with E-state index in [-0.39, 0.29) is 10.7 Å². The smallest absolute Gasteiger partial charge is 0.270 e. The monoisotopic (exact) mass is 485 g/mol. The summed E-state index contributed by atoms with van der Waals surface area (Å²) in [7, 11) is 0. The van der Waals surface area contributed by atoms with Gasteiger partial charge in [0.15, 0.2) is 5.11 Å². The molecule has 0 aliphatic carbocycles. The van der Waals surface area contributed by atoms with Crippen molar-refractivity contribution >= 4 is 40.9 Å². The van der Waals surface area contributed by atoms with Gasteiger partial charge in [-0.3, -0.25) is 19.8 Å². The van der Waals surface area contributed by atoms with E-state index < -0.39 is 11.8 Å². The molecule has 3 aromatic rings. The molecule has 1 aliphatic heterocycles. The van der Waals surface area contributed by atoms with Crippen LogP contribution in [0.2, 0.25) is 0 Å². The van der Waals surface area contributed by atoms with Gasteiger partial charge < -0.3 is 4.57 Å². The Morgan fingerprint density at radius 1 is 1.03 bits per heavy atom. The van der Waals surface area contributed by atoms with Gasteiger partial charge in [-0.1, -0.05) is 51.1 Å². The van der Waals surface area contributed by atoms with Crippen molar-refractivity contribution in [1.29, 1.82) is 0 Å². The third-order valence-electron chi connectivity index (χ3n) is 6.62. The Morgan fingerprint density at radius 3 is 2.34 bits per heavy atom. The fraction of sp³-hybridized carbons (Fsp3) is 0.276. The highest BCUT2D eigenvalue weighted by molar-refractivity contribution is 7.80. The molecule has 2 aromatic carbocycles. The molecule has 1 saturated heterocycles. The van der Waals surface area contributed by atoms with E-state index in [2.05, 4.69) is 55.8 Å². The minimum absolute atomic E-state index is 0.0623. The van der Waals surface area contributed by atoms with Crippen molar-refractivity contribution in [1.82, 2.24) is 9.88 Å². The molecule has 0 saturated carbocycles. The highest BCUT2D eigenvalue weighted by atomic mass is 32.1. The molecule has 180 valence electrons. The second-order valence-electron chi connectivity index (χ2n) is 9.30. The molecule has 4 rings (SSSR count). The molecule has 1 N–H and O–H groups in total. The summed E-state index contributed by atoms with van der Waals surface area (Å²) in [5.41, 5.74) is 8.28. The Labute approximate surface area is 212 Å². The van der Waals surface area contributed by atoms with E-state index in [1.165, 1.54) is 21.6 Å². The van der Waals surface area contributed by atoms with Crippen LogP contribution in [0.3, 0.4) is 0 Å². The van der Waals surface area contributed by atoms with Crippen LogP contribution in [0.1, 0.15) is 60.3 Å². The molecule has 1 aromatic heterocycles. The Bertz CT molecular complexity index is 1360. The first kappa shape index (κ1) is 24.6. The lowest BCUT2D eigenvalue weighted by atomic mass is 10.0. The van der Waals surface area contributed by atoms with Crippen molar-refractivity contribution < 1.29 is 9.59 Å². The zero-order valence-electron chi connectivity index (χ0n) is 21.1. The number of hydrogen-bond donors (Lipinski definition) is 1. The SMILES string of the molecule is CCc1cccc(C)c1-n1c(C)cc(/C=C2\C(=O)NC(=S)N(c3ccc(C(C)C)cc3)C2=O)c1C. The first-order valence-corrected chi connectivity index (χ1v) is 12.3. The van der Waals surface area contributed by atoms with Gasteiger partial charge in [0.2, 0.25) is 0 Å². The van der Waals surface area contributed by atoms with E-state index >= 15 is 0 Å². The number of thiocarbonyl (C=S) groups is 1. The molecule has 35 heavy (non-hydrogen) atoms. The van der Waals surface area contributed by atoms with Crippen molar-refractivity contribution in [3.05, 3.63) is 87.7 Å². The number of hydrogen-bond acceptors (Lipinski definition) is 3. The third kappa shape index (κ3) is 4.46. The number of amides is 2. The van der Waals surface area contributed by atoms with Crippen LogP contribution in [-0.4, -0.2) is 21.5 Å². The molecular formula is C29H31N3O2S. The quantitative estimate of drug-likeness (QED) is 0.277. The second kappa shape index (κ2) is 9.62. The predicted molar refractivity (Wildman–Crippen MR) is 146 cm³/mol. The van der Waals surface area contributed by atoms with Gasteiger partial charge in [-0.05, 0) is 91.9 Å². The maximum Gasteiger partial charge on any atom is 0.270 e. The standard InChI is InChI=1S/C29H31N3O2S/c1-7-21-10-8-9-18(4)26(21)31-19(5)15-23(20(31)6)16-25-27(33)30-29(35)32(28(25)34)24-13-11-22(12-14-24)17(2)3/h8-17H,7H2,1-6H3,(H,30,33,35)/b25-16+. The highest BCUT2D eigenvalue weighted by Gasteiger charge is 2.34. The van der Waals surface area contributed by atoms with E-state index in [1.807, 2.05) is 44.2 Å². The number of aryl methyl sites for hydroxylation is 3. The number of benzene rings is 2. The Morgan fingerprint density at radius 2 is 1.71 bits per heavy atom. The number of nitrogens with one attached hydrogen (secondary N) is 1. The van der Waals surface area contributed by atoms with Gasteiger partial charge in [0, 0.05) is 11.4 Å². The van der Waals surface area contributed by atoms with Crippen LogP contribution >= 0.6 is 12.2 Å². The Hall–Kier alpha value is -3.51. The summed E-state index contributed by atoms with van der Waals surface area (Å²) in [6.07, 6.45) is 2.59. The molecule has 5 nitrogen and oxygen atoms in total. The average Bonchev–Trinajstić information content (AvgIpc) is 3.09. The zero-order chi connectivity index (χ0) is 25.4. The van der Waals surface area contributed by atoms with Crippen LogP contribution in [0.5, 0.6) is 0 Å². The lowest BCUT2D eigenvalue weighted by molar-refractivity contribution is -0.122. The van der Waals surface area contributed by atoms with Gasteiger partial charge in [0.1, 0.15) is 5.57 Å². The van der Waals surface area contributed by atoms with Gasteiger partial charge in [-0.25, -0.2) is 0 Å². The summed E-state index contributed by atoms with van der Waals surface area (Å²) < 4.78 is 2.21. The summed E-state index contributed by atoms with van der Waals surface area (Å²) in [4.78, 5) is 27.7. The van der Waals surface area contributed by atoms with Gasteiger partial charge >= 0.3 is 0 Å². The van der Waals surface area contributed by atoms with Crippen LogP contribution in [0.15, 0.2) is 54.1 Å². The third-order valence-corrected chi connectivity index (χ3v) is 6.90. The maximum atomic E-state index is 13.5. The van der Waals surface area contributed by atoms with Crippen LogP contribution < -0.4 is 10.2 Å². The fourth-order valence-corrected chi connectivity index (χ4v) is 4.94. The lowest BCUT2D eigenvalue weighted by Crippen LogP contribution is -2.54. The predicted octanol–water partition coefficient (Wildman–Crippen LogP) is 5.92. The van der Waals surface area contributed by atoms with E-state index in [9.17, 15) is 9.59 Å². The summed E-state index contributed by atoms with van der Waals surface area (Å²) >= 11 is 5.36. The largest absolute Gasteiger partial charge is 0.317 e. The second-order valence-corrected chi connectivity index (χ2v) is 9.69. The summed E-state index contributed by atoms with van der Waals surface area (Å²) in [5.74, 6) is -0.532. The topological polar surface area (TPSA) is 54.3 Å². The zero-order valence-corrected chi connectivity index (χ0v) is 21.9. The number of nitrogens with zero attached hydrogens (tertiary/aromatic N) is 2. The molecule has 0 radical (unpaired) electrons. The maximum absolute atomic E-state index is 13.5. The first-order valence-electron chi connectivity index (χ1n) is 11.9. The van der Waals surface area contributed by atoms with Crippen LogP contribution in [-0.2, 0) is 16.0 Å². The minimum atomic E-state index is -0.481. The molecule has 2 amide bonds. The van der Waals surface area contributed by atoms with Crippen LogP contribution in [0, 0.1) is 20.8 Å². The average molecular weight is 486 g/mol. The molecule has 0 unspecified atom stereocenters. The number of rotatable bonds is 5. The fourth-order valence-electron chi connectivity index (χ4n) is 4.66. The summed E-state index contributed by atoms with van der Waals surface area (Å²) in [5, 5.41) is 2.78. The molecule has 0 spiro atoms. The summed E-state index contributed by atoms with van der Waals surface area (Å²) in [6, 6.07) is 16.0. The first-order chi connectivity index (χ1) is 16.6. The molecular weight excluding hydrogens is 454 g/mol. The molecule has 1 aliphatic rings. The highest BCUT2D eigenvalue weighted by Crippen LogP contribution is 2.29. The van der Waals surface area contributed by atoms with Crippen molar-refractivity contribution in [3.8, 4) is 5.69 Å². The van der Waals surface area contributed by atoms with Crippen molar-refractivity contribution in [3.63, 3.8) is 0 Å². The van der Waals surface area contributed by atoms with E-state index in [4.69, 9.17) is 12.2 Å². The molecule has 0 atom stereocenters. The number of para-hydroxylation sites is 1. The Kier molecular flexibility index (Phi) is 6.77. The molecule has 0 bridgehead atoms. The van der Waals surface area contributed by atoms with Gasteiger partial charge in [-0.15, -0.1) is 0 Å². The number of carbonyl (C=O) groups is 2.